The molecule has 3 rings (SSSR count). The lowest BCUT2D eigenvalue weighted by Crippen LogP contribution is -2.37. The van der Waals surface area contributed by atoms with E-state index < -0.39 is 12.3 Å². The Balaban J connectivity index is 1.45. The Morgan fingerprint density at radius 3 is 2.21 bits per heavy atom. The number of hydrogen-bond acceptors (Lipinski definition) is 3. The normalized spacial score (nSPS) is 23.5. The number of alkyl halides is 1. The van der Waals surface area contributed by atoms with Gasteiger partial charge in [0, 0.05) is 6.42 Å². The van der Waals surface area contributed by atoms with Crippen LogP contribution in [-0.4, -0.2) is 25.2 Å². The van der Waals surface area contributed by atoms with Gasteiger partial charge < -0.3 is 14.2 Å². The zero-order valence-electron chi connectivity index (χ0n) is 13.7. The molecular formula is C20H23FO3. The highest BCUT2D eigenvalue weighted by molar-refractivity contribution is 5.14. The molecule has 1 heterocycles. The van der Waals surface area contributed by atoms with E-state index in [1.807, 2.05) is 60.7 Å². The van der Waals surface area contributed by atoms with Gasteiger partial charge in [-0.1, -0.05) is 60.7 Å². The highest BCUT2D eigenvalue weighted by Crippen LogP contribution is 2.32. The SMILES string of the molecule is FCC1(COCc2ccccc2)CCC(OCc2ccccc2)O1. The lowest BCUT2D eigenvalue weighted by Gasteiger charge is -2.26. The Labute approximate surface area is 142 Å². The molecule has 2 atom stereocenters. The van der Waals surface area contributed by atoms with Gasteiger partial charge in [0.1, 0.15) is 12.3 Å². The van der Waals surface area contributed by atoms with Gasteiger partial charge in [-0.15, -0.1) is 0 Å². The fourth-order valence-corrected chi connectivity index (χ4v) is 2.83. The summed E-state index contributed by atoms with van der Waals surface area (Å²) in [6.07, 6.45) is 0.921. The first-order chi connectivity index (χ1) is 11.8. The summed E-state index contributed by atoms with van der Waals surface area (Å²) in [5.41, 5.74) is 1.27. The molecule has 0 amide bonds. The summed E-state index contributed by atoms with van der Waals surface area (Å²) in [6, 6.07) is 19.8. The minimum absolute atomic E-state index is 0.240. The summed E-state index contributed by atoms with van der Waals surface area (Å²) < 4.78 is 30.8. The van der Waals surface area contributed by atoms with Crippen LogP contribution in [0.15, 0.2) is 60.7 Å². The maximum atomic E-state index is 13.6. The lowest BCUT2D eigenvalue weighted by atomic mass is 10.0. The molecule has 4 heteroatoms. The van der Waals surface area contributed by atoms with E-state index in [1.54, 1.807) is 0 Å². The molecular weight excluding hydrogens is 307 g/mol. The second kappa shape index (κ2) is 8.38. The first-order valence-electron chi connectivity index (χ1n) is 8.31. The monoisotopic (exact) mass is 330 g/mol. The molecule has 0 bridgehead atoms. The molecule has 0 aromatic heterocycles. The van der Waals surface area contributed by atoms with Crippen molar-refractivity contribution in [2.24, 2.45) is 0 Å². The van der Waals surface area contributed by atoms with Crippen LogP contribution in [0.5, 0.6) is 0 Å². The Hall–Kier alpha value is -1.75. The maximum Gasteiger partial charge on any atom is 0.159 e. The molecule has 0 spiro atoms. The molecule has 0 radical (unpaired) electrons. The summed E-state index contributed by atoms with van der Waals surface area (Å²) in [4.78, 5) is 0. The van der Waals surface area contributed by atoms with Crippen molar-refractivity contribution in [2.75, 3.05) is 13.3 Å². The topological polar surface area (TPSA) is 27.7 Å². The zero-order valence-corrected chi connectivity index (χ0v) is 13.7. The van der Waals surface area contributed by atoms with E-state index in [0.29, 0.717) is 26.1 Å². The molecule has 1 saturated heterocycles. The van der Waals surface area contributed by atoms with Crippen LogP contribution in [0.2, 0.25) is 0 Å². The molecule has 0 aliphatic carbocycles. The largest absolute Gasteiger partial charge is 0.374 e. The second-order valence-corrected chi connectivity index (χ2v) is 6.18. The van der Waals surface area contributed by atoms with E-state index in [4.69, 9.17) is 14.2 Å². The molecule has 24 heavy (non-hydrogen) atoms. The van der Waals surface area contributed by atoms with Gasteiger partial charge in [0.15, 0.2) is 6.29 Å². The van der Waals surface area contributed by atoms with Gasteiger partial charge in [-0.3, -0.25) is 0 Å². The summed E-state index contributed by atoms with van der Waals surface area (Å²) >= 11 is 0. The van der Waals surface area contributed by atoms with Gasteiger partial charge in [-0.2, -0.15) is 0 Å². The van der Waals surface area contributed by atoms with Crippen molar-refractivity contribution in [1.82, 2.24) is 0 Å². The molecule has 3 nitrogen and oxygen atoms in total. The molecule has 1 aliphatic heterocycles. The predicted molar refractivity (Wildman–Crippen MR) is 90.1 cm³/mol. The highest BCUT2D eigenvalue weighted by Gasteiger charge is 2.41. The number of benzene rings is 2. The summed E-state index contributed by atoms with van der Waals surface area (Å²) in [5, 5.41) is 0. The number of hydrogen-bond donors (Lipinski definition) is 0. The van der Waals surface area contributed by atoms with Crippen LogP contribution in [0.3, 0.4) is 0 Å². The fourth-order valence-electron chi connectivity index (χ4n) is 2.83. The van der Waals surface area contributed by atoms with E-state index in [-0.39, 0.29) is 12.9 Å². The van der Waals surface area contributed by atoms with Crippen LogP contribution >= 0.6 is 0 Å². The van der Waals surface area contributed by atoms with Crippen molar-refractivity contribution in [3.63, 3.8) is 0 Å². The molecule has 0 N–H and O–H groups in total. The van der Waals surface area contributed by atoms with Crippen LogP contribution < -0.4 is 0 Å². The van der Waals surface area contributed by atoms with Crippen molar-refractivity contribution < 1.29 is 18.6 Å². The third-order valence-corrected chi connectivity index (χ3v) is 4.22. The van der Waals surface area contributed by atoms with Crippen molar-refractivity contribution in [3.8, 4) is 0 Å². The molecule has 2 unspecified atom stereocenters. The minimum Gasteiger partial charge on any atom is -0.374 e. The first-order valence-corrected chi connectivity index (χ1v) is 8.31. The first kappa shape index (κ1) is 17.1. The summed E-state index contributed by atoms with van der Waals surface area (Å²) in [5.74, 6) is 0. The fraction of sp³-hybridized carbons (Fsp3) is 0.400. The van der Waals surface area contributed by atoms with Gasteiger partial charge in [0.05, 0.1) is 19.8 Å². The standard InChI is InChI=1S/C20H23FO3/c21-15-20(16-22-13-17-7-3-1-4-8-17)12-11-19(24-20)23-14-18-9-5-2-6-10-18/h1-10,19H,11-16H2. The van der Waals surface area contributed by atoms with Crippen LogP contribution in [-0.2, 0) is 27.4 Å². The Morgan fingerprint density at radius 2 is 1.58 bits per heavy atom. The van der Waals surface area contributed by atoms with Crippen molar-refractivity contribution >= 4 is 0 Å². The van der Waals surface area contributed by atoms with Gasteiger partial charge >= 0.3 is 0 Å². The van der Waals surface area contributed by atoms with Crippen LogP contribution in [0.1, 0.15) is 24.0 Å². The lowest BCUT2D eigenvalue weighted by molar-refractivity contribution is -0.194. The molecule has 2 aromatic carbocycles. The summed E-state index contributed by atoms with van der Waals surface area (Å²) in [7, 11) is 0. The zero-order chi connectivity index (χ0) is 16.7. The maximum absolute atomic E-state index is 13.6. The van der Waals surface area contributed by atoms with E-state index in [1.165, 1.54) is 0 Å². The Morgan fingerprint density at radius 1 is 0.958 bits per heavy atom. The predicted octanol–water partition coefficient (Wildman–Crippen LogP) is 4.26. The van der Waals surface area contributed by atoms with Crippen molar-refractivity contribution in [3.05, 3.63) is 71.8 Å². The third kappa shape index (κ3) is 4.63. The minimum atomic E-state index is -0.879. The van der Waals surface area contributed by atoms with Crippen LogP contribution in [0.25, 0.3) is 0 Å². The van der Waals surface area contributed by atoms with E-state index in [9.17, 15) is 4.39 Å². The van der Waals surface area contributed by atoms with Crippen LogP contribution in [0, 0.1) is 0 Å². The average molecular weight is 330 g/mol. The van der Waals surface area contributed by atoms with E-state index >= 15 is 0 Å². The number of ether oxygens (including phenoxy) is 3. The Bertz CT molecular complexity index is 605. The third-order valence-electron chi connectivity index (χ3n) is 4.22. The number of halogens is 1. The molecule has 1 aliphatic rings. The second-order valence-electron chi connectivity index (χ2n) is 6.18. The molecule has 2 aromatic rings. The molecule has 1 fully saturated rings. The van der Waals surface area contributed by atoms with Crippen molar-refractivity contribution in [1.29, 1.82) is 0 Å². The van der Waals surface area contributed by atoms with E-state index in [2.05, 4.69) is 0 Å². The molecule has 0 saturated carbocycles. The number of rotatable bonds is 8. The smallest absolute Gasteiger partial charge is 0.159 e. The highest BCUT2D eigenvalue weighted by atomic mass is 19.1. The Kier molecular flexibility index (Phi) is 5.96. The van der Waals surface area contributed by atoms with Gasteiger partial charge in [-0.05, 0) is 17.5 Å². The molecule has 128 valence electrons. The van der Waals surface area contributed by atoms with Crippen molar-refractivity contribution in [2.45, 2.75) is 37.9 Å². The van der Waals surface area contributed by atoms with Gasteiger partial charge in [-0.25, -0.2) is 4.39 Å². The van der Waals surface area contributed by atoms with Crippen LogP contribution in [0.4, 0.5) is 4.39 Å². The van der Waals surface area contributed by atoms with Gasteiger partial charge in [0.25, 0.3) is 0 Å². The van der Waals surface area contributed by atoms with E-state index in [0.717, 1.165) is 11.1 Å². The average Bonchev–Trinajstić information content (AvgIpc) is 3.06. The quantitative estimate of drug-likeness (QED) is 0.723. The van der Waals surface area contributed by atoms with Gasteiger partial charge in [0.2, 0.25) is 0 Å². The summed E-state index contributed by atoms with van der Waals surface area (Å²) in [6.45, 7) is 0.608.